The number of urea groups is 1. The summed E-state index contributed by atoms with van der Waals surface area (Å²) in [6.45, 7) is 4.41. The largest absolute Gasteiger partial charge is 0.480 e. The molecule has 1 saturated heterocycles. The van der Waals surface area contributed by atoms with Crippen molar-refractivity contribution in [3.8, 4) is 0 Å². The number of hydrogen-bond donors (Lipinski definition) is 2. The summed E-state index contributed by atoms with van der Waals surface area (Å²) in [6, 6.07) is -1.13. The van der Waals surface area contributed by atoms with Crippen LogP contribution in [0.15, 0.2) is 0 Å². The molecule has 1 unspecified atom stereocenters. The van der Waals surface area contributed by atoms with Gasteiger partial charge in [0.1, 0.15) is 6.04 Å². The van der Waals surface area contributed by atoms with Crippen LogP contribution in [0.5, 0.6) is 0 Å². The SMILES string of the molecule is CC(NC(=O)N1CCN(C)CC1)C(=O)O. The summed E-state index contributed by atoms with van der Waals surface area (Å²) in [5.41, 5.74) is 0. The highest BCUT2D eigenvalue weighted by Crippen LogP contribution is 1.99. The number of likely N-dealkylation sites (N-methyl/N-ethyl adjacent to an activating group) is 1. The van der Waals surface area contributed by atoms with Gasteiger partial charge in [-0.05, 0) is 14.0 Å². The maximum atomic E-state index is 11.6. The zero-order valence-corrected chi connectivity index (χ0v) is 9.06. The molecule has 0 aromatic carbocycles. The second-order valence-corrected chi connectivity index (χ2v) is 3.80. The molecule has 6 heteroatoms. The molecule has 1 aliphatic rings. The zero-order chi connectivity index (χ0) is 11.4. The molecule has 0 aliphatic carbocycles. The Hall–Kier alpha value is -1.30. The Morgan fingerprint density at radius 1 is 1.27 bits per heavy atom. The Morgan fingerprint density at radius 2 is 1.80 bits per heavy atom. The fourth-order valence-electron chi connectivity index (χ4n) is 1.35. The van der Waals surface area contributed by atoms with Gasteiger partial charge in [0.25, 0.3) is 0 Å². The molecule has 0 aromatic rings. The van der Waals surface area contributed by atoms with Crippen LogP contribution in [0.4, 0.5) is 4.79 Å². The van der Waals surface area contributed by atoms with Gasteiger partial charge in [-0.25, -0.2) is 4.79 Å². The van der Waals surface area contributed by atoms with Gasteiger partial charge in [-0.1, -0.05) is 0 Å². The van der Waals surface area contributed by atoms with E-state index in [1.807, 2.05) is 7.05 Å². The van der Waals surface area contributed by atoms with Gasteiger partial charge in [0.2, 0.25) is 0 Å². The number of piperazine rings is 1. The Kier molecular flexibility index (Phi) is 3.90. The van der Waals surface area contributed by atoms with E-state index in [1.54, 1.807) is 4.90 Å². The molecule has 1 atom stereocenters. The summed E-state index contributed by atoms with van der Waals surface area (Å²) in [6.07, 6.45) is 0. The van der Waals surface area contributed by atoms with Crippen molar-refractivity contribution in [2.45, 2.75) is 13.0 Å². The first-order valence-corrected chi connectivity index (χ1v) is 4.97. The third-order valence-electron chi connectivity index (χ3n) is 2.50. The number of nitrogens with one attached hydrogen (secondary N) is 1. The number of nitrogens with zero attached hydrogens (tertiary/aromatic N) is 2. The monoisotopic (exact) mass is 215 g/mol. The number of carbonyl (C=O) groups excluding carboxylic acids is 1. The molecule has 15 heavy (non-hydrogen) atoms. The van der Waals surface area contributed by atoms with Crippen LogP contribution in [0.25, 0.3) is 0 Å². The average Bonchev–Trinajstić information content (AvgIpc) is 2.18. The molecular weight excluding hydrogens is 198 g/mol. The first-order valence-electron chi connectivity index (χ1n) is 4.97. The van der Waals surface area contributed by atoms with Gasteiger partial charge < -0.3 is 20.2 Å². The fraction of sp³-hybridized carbons (Fsp3) is 0.778. The van der Waals surface area contributed by atoms with Crippen LogP contribution in [-0.2, 0) is 4.79 Å². The van der Waals surface area contributed by atoms with E-state index in [-0.39, 0.29) is 6.03 Å². The summed E-state index contributed by atoms with van der Waals surface area (Å²) >= 11 is 0. The molecule has 86 valence electrons. The number of carbonyl (C=O) groups is 2. The van der Waals surface area contributed by atoms with E-state index >= 15 is 0 Å². The van der Waals surface area contributed by atoms with Crippen molar-refractivity contribution < 1.29 is 14.7 Å². The number of carboxylic acids is 1. The molecule has 0 aromatic heterocycles. The van der Waals surface area contributed by atoms with Crippen molar-refractivity contribution in [1.29, 1.82) is 0 Å². The lowest BCUT2D eigenvalue weighted by atomic mass is 10.3. The molecule has 1 rings (SSSR count). The number of amides is 2. The van der Waals surface area contributed by atoms with Crippen molar-refractivity contribution >= 4 is 12.0 Å². The first-order chi connectivity index (χ1) is 7.00. The number of rotatable bonds is 2. The van der Waals surface area contributed by atoms with Gasteiger partial charge in [0.05, 0.1) is 0 Å². The minimum absolute atomic E-state index is 0.294. The van der Waals surface area contributed by atoms with Crippen molar-refractivity contribution in [2.24, 2.45) is 0 Å². The summed E-state index contributed by atoms with van der Waals surface area (Å²) in [5.74, 6) is -1.02. The van der Waals surface area contributed by atoms with E-state index in [0.29, 0.717) is 13.1 Å². The molecule has 0 radical (unpaired) electrons. The quantitative estimate of drug-likeness (QED) is 0.646. The minimum Gasteiger partial charge on any atom is -0.480 e. The number of hydrogen-bond acceptors (Lipinski definition) is 3. The van der Waals surface area contributed by atoms with Crippen LogP contribution in [0.3, 0.4) is 0 Å². The van der Waals surface area contributed by atoms with Crippen LogP contribution >= 0.6 is 0 Å². The third-order valence-corrected chi connectivity index (χ3v) is 2.50. The van der Waals surface area contributed by atoms with Gasteiger partial charge >= 0.3 is 12.0 Å². The maximum absolute atomic E-state index is 11.6. The smallest absolute Gasteiger partial charge is 0.325 e. The molecule has 1 fully saturated rings. The van der Waals surface area contributed by atoms with Gasteiger partial charge in [-0.2, -0.15) is 0 Å². The maximum Gasteiger partial charge on any atom is 0.325 e. The van der Waals surface area contributed by atoms with Crippen LogP contribution < -0.4 is 5.32 Å². The molecule has 0 spiro atoms. The Balaban J connectivity index is 2.37. The molecule has 2 amide bonds. The van der Waals surface area contributed by atoms with Crippen molar-refractivity contribution in [2.75, 3.05) is 33.2 Å². The Morgan fingerprint density at radius 3 is 2.27 bits per heavy atom. The summed E-state index contributed by atoms with van der Waals surface area (Å²) in [5, 5.41) is 11.1. The highest BCUT2D eigenvalue weighted by atomic mass is 16.4. The zero-order valence-electron chi connectivity index (χ0n) is 9.06. The van der Waals surface area contributed by atoms with E-state index in [4.69, 9.17) is 5.11 Å². The summed E-state index contributed by atoms with van der Waals surface area (Å²) in [7, 11) is 2.00. The molecule has 1 aliphatic heterocycles. The van der Waals surface area contributed by atoms with Crippen molar-refractivity contribution in [1.82, 2.24) is 15.1 Å². The van der Waals surface area contributed by atoms with Gasteiger partial charge in [0, 0.05) is 26.2 Å². The van der Waals surface area contributed by atoms with Crippen molar-refractivity contribution in [3.63, 3.8) is 0 Å². The fourth-order valence-corrected chi connectivity index (χ4v) is 1.35. The minimum atomic E-state index is -1.02. The van der Waals surface area contributed by atoms with Crippen LogP contribution in [-0.4, -0.2) is 66.2 Å². The van der Waals surface area contributed by atoms with E-state index < -0.39 is 12.0 Å². The highest BCUT2D eigenvalue weighted by molar-refractivity contribution is 5.82. The lowest BCUT2D eigenvalue weighted by Gasteiger charge is -2.32. The molecule has 0 saturated carbocycles. The third kappa shape index (κ3) is 3.39. The lowest BCUT2D eigenvalue weighted by Crippen LogP contribution is -2.53. The van der Waals surface area contributed by atoms with Gasteiger partial charge in [0.15, 0.2) is 0 Å². The van der Waals surface area contributed by atoms with Crippen LogP contribution in [0, 0.1) is 0 Å². The topological polar surface area (TPSA) is 72.9 Å². The van der Waals surface area contributed by atoms with E-state index in [1.165, 1.54) is 6.92 Å². The molecular formula is C9H17N3O3. The van der Waals surface area contributed by atoms with E-state index in [9.17, 15) is 9.59 Å². The second kappa shape index (κ2) is 4.97. The molecule has 2 N–H and O–H groups in total. The van der Waals surface area contributed by atoms with Crippen LogP contribution in [0.1, 0.15) is 6.92 Å². The standard InChI is InChI=1S/C9H17N3O3/c1-7(8(13)14)10-9(15)12-5-3-11(2)4-6-12/h7H,3-6H2,1-2H3,(H,10,15)(H,13,14). The lowest BCUT2D eigenvalue weighted by molar-refractivity contribution is -0.138. The number of aliphatic carboxylic acids is 1. The van der Waals surface area contributed by atoms with E-state index in [2.05, 4.69) is 10.2 Å². The summed E-state index contributed by atoms with van der Waals surface area (Å²) in [4.78, 5) is 25.8. The van der Waals surface area contributed by atoms with Crippen molar-refractivity contribution in [3.05, 3.63) is 0 Å². The molecule has 1 heterocycles. The predicted molar refractivity (Wildman–Crippen MR) is 54.7 cm³/mol. The highest BCUT2D eigenvalue weighted by Gasteiger charge is 2.21. The Bertz CT molecular complexity index is 249. The predicted octanol–water partition coefficient (Wildman–Crippen LogP) is -0.583. The Labute approximate surface area is 88.8 Å². The van der Waals surface area contributed by atoms with E-state index in [0.717, 1.165) is 13.1 Å². The van der Waals surface area contributed by atoms with Crippen LogP contribution in [0.2, 0.25) is 0 Å². The second-order valence-electron chi connectivity index (χ2n) is 3.80. The number of carboxylic acid groups (broad SMARTS) is 1. The molecule has 0 bridgehead atoms. The average molecular weight is 215 g/mol. The first kappa shape index (κ1) is 11.8. The van der Waals surface area contributed by atoms with Gasteiger partial charge in [-0.15, -0.1) is 0 Å². The summed E-state index contributed by atoms with van der Waals surface area (Å²) < 4.78 is 0. The normalized spacial score (nSPS) is 19.7. The van der Waals surface area contributed by atoms with Gasteiger partial charge in [-0.3, -0.25) is 4.79 Å². The molecule has 6 nitrogen and oxygen atoms in total.